The van der Waals surface area contributed by atoms with Crippen molar-refractivity contribution in [2.75, 3.05) is 56.1 Å². The van der Waals surface area contributed by atoms with Gasteiger partial charge in [-0.2, -0.15) is 0 Å². The Balaban J connectivity index is 1.33. The fourth-order valence-electron chi connectivity index (χ4n) is 4.15. The number of carbonyl (C=O) groups is 1. The number of hydrogen-bond acceptors (Lipinski definition) is 6. The third-order valence-electron chi connectivity index (χ3n) is 6.09. The number of carbonyl (C=O) groups excluding carboxylic acids is 1. The minimum atomic E-state index is 0.0282. The molecule has 160 valence electrons. The normalized spacial score (nSPS) is 18.5. The summed E-state index contributed by atoms with van der Waals surface area (Å²) in [6.45, 7) is 6.16. The lowest BCUT2D eigenvalue weighted by atomic mass is 9.95. The van der Waals surface area contributed by atoms with Crippen LogP contribution in [0.4, 0.5) is 11.5 Å². The van der Waals surface area contributed by atoms with Crippen molar-refractivity contribution in [2.45, 2.75) is 19.4 Å². The average Bonchev–Trinajstić information content (AvgIpc) is 2.79. The quantitative estimate of drug-likeness (QED) is 0.789. The van der Waals surface area contributed by atoms with Gasteiger partial charge in [0.05, 0.1) is 11.9 Å². The molecule has 1 aromatic carbocycles. The summed E-state index contributed by atoms with van der Waals surface area (Å²) >= 11 is 6.19. The van der Waals surface area contributed by atoms with Crippen molar-refractivity contribution in [3.8, 4) is 0 Å². The van der Waals surface area contributed by atoms with E-state index in [4.69, 9.17) is 11.6 Å². The van der Waals surface area contributed by atoms with Gasteiger partial charge in [-0.15, -0.1) is 0 Å². The van der Waals surface area contributed by atoms with Gasteiger partial charge in [-0.1, -0.05) is 29.8 Å². The number of hydrogen-bond donors (Lipinski definition) is 1. The molecule has 0 bridgehead atoms. The van der Waals surface area contributed by atoms with Crippen LogP contribution in [-0.4, -0.2) is 67.1 Å². The number of anilines is 2. The standard InChI is InChI=1S/C22H29ClN6O/c1-27-10-12-29(13-11-27)21-20(15-24-16-26-21)28-8-6-17(7-9-28)22(30)25-14-18-4-2-3-5-19(18)23/h2-5,15-17H,6-14H2,1H3,(H,25,30). The summed E-state index contributed by atoms with van der Waals surface area (Å²) < 4.78 is 0. The Morgan fingerprint density at radius 1 is 1.10 bits per heavy atom. The van der Waals surface area contributed by atoms with Crippen LogP contribution in [0.2, 0.25) is 5.02 Å². The SMILES string of the molecule is CN1CCN(c2ncncc2N2CCC(C(=O)NCc3ccccc3Cl)CC2)CC1. The highest BCUT2D eigenvalue weighted by Crippen LogP contribution is 2.30. The smallest absolute Gasteiger partial charge is 0.223 e. The molecule has 2 aliphatic rings. The Morgan fingerprint density at radius 2 is 1.83 bits per heavy atom. The number of piperazine rings is 1. The van der Waals surface area contributed by atoms with E-state index in [2.05, 4.69) is 37.0 Å². The predicted molar refractivity (Wildman–Crippen MR) is 120 cm³/mol. The first kappa shape index (κ1) is 20.9. The second-order valence-corrected chi connectivity index (χ2v) is 8.50. The minimum absolute atomic E-state index is 0.0282. The maximum atomic E-state index is 12.7. The third kappa shape index (κ3) is 4.84. The zero-order valence-electron chi connectivity index (χ0n) is 17.4. The van der Waals surface area contributed by atoms with Crippen molar-refractivity contribution in [1.29, 1.82) is 0 Å². The van der Waals surface area contributed by atoms with Crippen molar-refractivity contribution in [3.63, 3.8) is 0 Å². The van der Waals surface area contributed by atoms with E-state index in [0.29, 0.717) is 11.6 Å². The fourth-order valence-corrected chi connectivity index (χ4v) is 4.35. The number of rotatable bonds is 5. The summed E-state index contributed by atoms with van der Waals surface area (Å²) in [7, 11) is 2.15. The molecule has 0 saturated carbocycles. The van der Waals surface area contributed by atoms with Gasteiger partial charge in [-0.25, -0.2) is 9.97 Å². The number of nitrogens with zero attached hydrogens (tertiary/aromatic N) is 5. The monoisotopic (exact) mass is 428 g/mol. The summed E-state index contributed by atoms with van der Waals surface area (Å²) in [6.07, 6.45) is 5.20. The second-order valence-electron chi connectivity index (χ2n) is 8.09. The third-order valence-corrected chi connectivity index (χ3v) is 6.46. The molecule has 8 heteroatoms. The molecule has 7 nitrogen and oxygen atoms in total. The summed E-state index contributed by atoms with van der Waals surface area (Å²) in [4.78, 5) is 28.5. The highest BCUT2D eigenvalue weighted by atomic mass is 35.5. The van der Waals surface area contributed by atoms with Crippen molar-refractivity contribution >= 4 is 29.0 Å². The predicted octanol–water partition coefficient (Wildman–Crippen LogP) is 2.41. The van der Waals surface area contributed by atoms with Gasteiger partial charge in [0.15, 0.2) is 5.82 Å². The second kappa shape index (κ2) is 9.62. The summed E-state index contributed by atoms with van der Waals surface area (Å²) in [6, 6.07) is 7.63. The highest BCUT2D eigenvalue weighted by Gasteiger charge is 2.28. The summed E-state index contributed by atoms with van der Waals surface area (Å²) in [5.41, 5.74) is 2.03. The molecule has 2 fully saturated rings. The van der Waals surface area contributed by atoms with Crippen LogP contribution in [-0.2, 0) is 11.3 Å². The van der Waals surface area contributed by atoms with Gasteiger partial charge >= 0.3 is 0 Å². The van der Waals surface area contributed by atoms with Crippen molar-refractivity contribution in [3.05, 3.63) is 47.4 Å². The van der Waals surface area contributed by atoms with Crippen LogP contribution in [0.1, 0.15) is 18.4 Å². The first-order valence-corrected chi connectivity index (χ1v) is 11.0. The molecule has 3 heterocycles. The van der Waals surface area contributed by atoms with Gasteiger partial charge in [-0.05, 0) is 31.5 Å². The number of amides is 1. The van der Waals surface area contributed by atoms with E-state index < -0.39 is 0 Å². The minimum Gasteiger partial charge on any atom is -0.367 e. The largest absolute Gasteiger partial charge is 0.367 e. The van der Waals surface area contributed by atoms with Gasteiger partial charge in [0.1, 0.15) is 6.33 Å². The van der Waals surface area contributed by atoms with E-state index in [0.717, 1.165) is 69.2 Å². The van der Waals surface area contributed by atoms with Gasteiger partial charge in [0.2, 0.25) is 5.91 Å². The zero-order valence-corrected chi connectivity index (χ0v) is 18.2. The van der Waals surface area contributed by atoms with Crippen molar-refractivity contribution < 1.29 is 4.79 Å². The Kier molecular flexibility index (Phi) is 6.69. The van der Waals surface area contributed by atoms with E-state index in [9.17, 15) is 4.79 Å². The van der Waals surface area contributed by atoms with Gasteiger partial charge in [0, 0.05) is 56.8 Å². The molecule has 30 heavy (non-hydrogen) atoms. The van der Waals surface area contributed by atoms with E-state index in [-0.39, 0.29) is 11.8 Å². The molecule has 0 radical (unpaired) electrons. The van der Waals surface area contributed by atoms with Crippen LogP contribution < -0.4 is 15.1 Å². The molecule has 2 saturated heterocycles. The number of piperidine rings is 1. The van der Waals surface area contributed by atoms with Crippen LogP contribution in [0.3, 0.4) is 0 Å². The molecule has 4 rings (SSSR count). The lowest BCUT2D eigenvalue weighted by Gasteiger charge is -2.38. The Morgan fingerprint density at radius 3 is 2.57 bits per heavy atom. The summed E-state index contributed by atoms with van der Waals surface area (Å²) in [5, 5.41) is 3.74. The topological polar surface area (TPSA) is 64.6 Å². The van der Waals surface area contributed by atoms with Crippen molar-refractivity contribution in [2.24, 2.45) is 5.92 Å². The van der Waals surface area contributed by atoms with Crippen molar-refractivity contribution in [1.82, 2.24) is 20.2 Å². The van der Waals surface area contributed by atoms with Gasteiger partial charge < -0.3 is 20.0 Å². The van der Waals surface area contributed by atoms with Gasteiger partial charge in [0.25, 0.3) is 0 Å². The molecule has 0 spiro atoms. The molecule has 0 unspecified atom stereocenters. The number of likely N-dealkylation sites (N-methyl/N-ethyl adjacent to an activating group) is 1. The lowest BCUT2D eigenvalue weighted by Crippen LogP contribution is -2.46. The fraction of sp³-hybridized carbons (Fsp3) is 0.500. The van der Waals surface area contributed by atoms with Gasteiger partial charge in [-0.3, -0.25) is 4.79 Å². The summed E-state index contributed by atoms with van der Waals surface area (Å²) in [5.74, 6) is 1.15. The number of benzene rings is 1. The molecule has 1 aromatic heterocycles. The molecule has 0 aliphatic carbocycles. The van der Waals surface area contributed by atoms with E-state index in [1.54, 1.807) is 6.33 Å². The Bertz CT molecular complexity index is 862. The van der Waals surface area contributed by atoms with Crippen LogP contribution in [0, 0.1) is 5.92 Å². The Hall–Kier alpha value is -2.38. The Labute approximate surface area is 183 Å². The molecule has 0 atom stereocenters. The van der Waals surface area contributed by atoms with Crippen LogP contribution in [0.25, 0.3) is 0 Å². The highest BCUT2D eigenvalue weighted by molar-refractivity contribution is 6.31. The lowest BCUT2D eigenvalue weighted by molar-refractivity contribution is -0.125. The van der Waals surface area contributed by atoms with E-state index in [1.807, 2.05) is 30.5 Å². The maximum Gasteiger partial charge on any atom is 0.223 e. The molecule has 2 aromatic rings. The molecular weight excluding hydrogens is 400 g/mol. The number of halogens is 1. The first-order chi connectivity index (χ1) is 14.6. The number of nitrogens with one attached hydrogen (secondary N) is 1. The van der Waals surface area contributed by atoms with Crippen LogP contribution in [0.5, 0.6) is 0 Å². The average molecular weight is 429 g/mol. The van der Waals surface area contributed by atoms with Crippen LogP contribution >= 0.6 is 11.6 Å². The maximum absolute atomic E-state index is 12.7. The van der Waals surface area contributed by atoms with E-state index in [1.165, 1.54) is 0 Å². The molecule has 1 amide bonds. The molecular formula is C22H29ClN6O. The number of aromatic nitrogens is 2. The van der Waals surface area contributed by atoms with Crippen LogP contribution in [0.15, 0.2) is 36.8 Å². The molecule has 2 aliphatic heterocycles. The van der Waals surface area contributed by atoms with E-state index >= 15 is 0 Å². The zero-order chi connectivity index (χ0) is 20.9. The first-order valence-electron chi connectivity index (χ1n) is 10.6. The molecule has 1 N–H and O–H groups in total.